The Morgan fingerprint density at radius 1 is 0.871 bits per heavy atom. The first-order valence-corrected chi connectivity index (χ1v) is 9.83. The molecule has 154 valence electrons. The van der Waals surface area contributed by atoms with E-state index in [-0.39, 0.29) is 17.9 Å². The van der Waals surface area contributed by atoms with Gasteiger partial charge in [-0.2, -0.15) is 0 Å². The predicted octanol–water partition coefficient (Wildman–Crippen LogP) is 5.12. The lowest BCUT2D eigenvalue weighted by atomic mass is 10.1. The first-order valence-electron chi connectivity index (χ1n) is 9.83. The predicted molar refractivity (Wildman–Crippen MR) is 118 cm³/mol. The minimum absolute atomic E-state index is 0.203. The summed E-state index contributed by atoms with van der Waals surface area (Å²) >= 11 is 0. The Labute approximate surface area is 178 Å². The fourth-order valence-corrected chi connectivity index (χ4v) is 3.30. The molecule has 0 spiro atoms. The second kappa shape index (κ2) is 8.75. The van der Waals surface area contributed by atoms with Gasteiger partial charge >= 0.3 is 0 Å². The molecule has 31 heavy (non-hydrogen) atoms. The van der Waals surface area contributed by atoms with Crippen LogP contribution in [-0.2, 0) is 0 Å². The smallest absolute Gasteiger partial charge is 0.255 e. The first-order chi connectivity index (χ1) is 15.0. The van der Waals surface area contributed by atoms with Gasteiger partial charge in [-0.1, -0.05) is 30.3 Å². The number of aromatic nitrogens is 1. The maximum atomic E-state index is 13.0. The fraction of sp³-hybridized carbons (Fsp3) is 0.0800. The van der Waals surface area contributed by atoms with Crippen LogP contribution in [0, 0.1) is 5.82 Å². The minimum Gasteiger partial charge on any atom is -0.345 e. The number of hydrogen-bond acceptors (Lipinski definition) is 3. The molecule has 0 saturated heterocycles. The molecule has 0 saturated carbocycles. The third-order valence-corrected chi connectivity index (χ3v) is 5.00. The monoisotopic (exact) mass is 413 g/mol. The maximum Gasteiger partial charge on any atom is 0.255 e. The van der Waals surface area contributed by atoms with Crippen molar-refractivity contribution < 1.29 is 14.0 Å². The molecule has 4 aromatic rings. The standard InChI is InChI=1S/C25H20FN3O2/c1-16(28-25(31)22-6-2-4-18-5-3-15-27-23(18)22)17-9-13-21(14-10-17)29-24(30)19-7-11-20(26)12-8-19/h2-16H,1H3,(H,28,31)(H,29,30). The molecule has 3 aromatic carbocycles. The van der Waals surface area contributed by atoms with Crippen LogP contribution in [0.15, 0.2) is 85.1 Å². The van der Waals surface area contributed by atoms with Crippen LogP contribution < -0.4 is 10.6 Å². The van der Waals surface area contributed by atoms with Crippen LogP contribution in [0.1, 0.15) is 39.2 Å². The number of halogens is 1. The van der Waals surface area contributed by atoms with E-state index in [0.29, 0.717) is 22.3 Å². The Balaban J connectivity index is 1.43. The highest BCUT2D eigenvalue weighted by Gasteiger charge is 2.15. The highest BCUT2D eigenvalue weighted by atomic mass is 19.1. The number of para-hydroxylation sites is 1. The molecular weight excluding hydrogens is 393 g/mol. The van der Waals surface area contributed by atoms with E-state index in [0.717, 1.165) is 10.9 Å². The second-order valence-corrected chi connectivity index (χ2v) is 7.16. The second-order valence-electron chi connectivity index (χ2n) is 7.16. The van der Waals surface area contributed by atoms with E-state index in [1.165, 1.54) is 24.3 Å². The first kappa shape index (κ1) is 20.2. The maximum absolute atomic E-state index is 13.0. The molecule has 0 aliphatic carbocycles. The van der Waals surface area contributed by atoms with Crippen molar-refractivity contribution in [2.45, 2.75) is 13.0 Å². The number of fused-ring (bicyclic) bond motifs is 1. The number of benzene rings is 3. The van der Waals surface area contributed by atoms with Gasteiger partial charge in [0.1, 0.15) is 5.82 Å². The summed E-state index contributed by atoms with van der Waals surface area (Å²) in [6.07, 6.45) is 1.67. The van der Waals surface area contributed by atoms with Gasteiger partial charge < -0.3 is 10.6 Å². The van der Waals surface area contributed by atoms with E-state index < -0.39 is 5.82 Å². The summed E-state index contributed by atoms with van der Waals surface area (Å²) in [5, 5.41) is 6.67. The summed E-state index contributed by atoms with van der Waals surface area (Å²) in [7, 11) is 0. The third-order valence-electron chi connectivity index (χ3n) is 5.00. The molecule has 1 unspecified atom stereocenters. The summed E-state index contributed by atoms with van der Waals surface area (Å²) < 4.78 is 13.0. The van der Waals surface area contributed by atoms with E-state index in [4.69, 9.17) is 0 Å². The van der Waals surface area contributed by atoms with E-state index in [9.17, 15) is 14.0 Å². The highest BCUT2D eigenvalue weighted by Crippen LogP contribution is 2.20. The van der Waals surface area contributed by atoms with Crippen LogP contribution >= 0.6 is 0 Å². The molecule has 2 amide bonds. The summed E-state index contributed by atoms with van der Waals surface area (Å²) in [5.74, 6) is -0.917. The molecule has 0 radical (unpaired) electrons. The quantitative estimate of drug-likeness (QED) is 0.477. The lowest BCUT2D eigenvalue weighted by Gasteiger charge is -2.16. The van der Waals surface area contributed by atoms with Gasteiger partial charge in [-0.15, -0.1) is 0 Å². The lowest BCUT2D eigenvalue weighted by Crippen LogP contribution is -2.27. The van der Waals surface area contributed by atoms with Crippen LogP contribution in [0.25, 0.3) is 10.9 Å². The Morgan fingerprint density at radius 2 is 1.58 bits per heavy atom. The highest BCUT2D eigenvalue weighted by molar-refractivity contribution is 6.05. The molecule has 5 nitrogen and oxygen atoms in total. The molecule has 2 N–H and O–H groups in total. The number of nitrogens with zero attached hydrogens (tertiary/aromatic N) is 1. The molecule has 0 aliphatic rings. The molecule has 0 bridgehead atoms. The van der Waals surface area contributed by atoms with E-state index in [2.05, 4.69) is 15.6 Å². The fourth-order valence-electron chi connectivity index (χ4n) is 3.30. The van der Waals surface area contributed by atoms with Crippen molar-refractivity contribution in [1.82, 2.24) is 10.3 Å². The molecule has 1 atom stereocenters. The Kier molecular flexibility index (Phi) is 5.71. The Hall–Kier alpha value is -4.06. The topological polar surface area (TPSA) is 71.1 Å². The normalized spacial score (nSPS) is 11.7. The van der Waals surface area contributed by atoms with Gasteiger partial charge in [0.2, 0.25) is 0 Å². The summed E-state index contributed by atoms with van der Waals surface area (Å²) in [6, 6.07) is 21.6. The zero-order valence-corrected chi connectivity index (χ0v) is 16.8. The van der Waals surface area contributed by atoms with Crippen molar-refractivity contribution in [2.24, 2.45) is 0 Å². The summed E-state index contributed by atoms with van der Waals surface area (Å²) in [6.45, 7) is 1.89. The van der Waals surface area contributed by atoms with Crippen LogP contribution in [-0.4, -0.2) is 16.8 Å². The number of pyridine rings is 1. The minimum atomic E-state index is -0.392. The van der Waals surface area contributed by atoms with Crippen LogP contribution in [0.3, 0.4) is 0 Å². The van der Waals surface area contributed by atoms with Crippen LogP contribution in [0.5, 0.6) is 0 Å². The van der Waals surface area contributed by atoms with Gasteiger partial charge in [0, 0.05) is 22.8 Å². The van der Waals surface area contributed by atoms with Crippen molar-refractivity contribution in [2.75, 3.05) is 5.32 Å². The summed E-state index contributed by atoms with van der Waals surface area (Å²) in [4.78, 5) is 29.4. The number of carbonyl (C=O) groups excluding carboxylic acids is 2. The number of hydrogen-bond donors (Lipinski definition) is 2. The van der Waals surface area contributed by atoms with Gasteiger partial charge in [0.15, 0.2) is 0 Å². The van der Waals surface area contributed by atoms with E-state index in [1.807, 2.05) is 43.3 Å². The zero-order chi connectivity index (χ0) is 21.8. The van der Waals surface area contributed by atoms with Crippen LogP contribution in [0.2, 0.25) is 0 Å². The number of anilines is 1. The third kappa shape index (κ3) is 4.59. The Bertz CT molecular complexity index is 1230. The van der Waals surface area contributed by atoms with Crippen molar-refractivity contribution in [3.63, 3.8) is 0 Å². The van der Waals surface area contributed by atoms with Crippen molar-refractivity contribution in [1.29, 1.82) is 0 Å². The largest absolute Gasteiger partial charge is 0.345 e. The van der Waals surface area contributed by atoms with E-state index >= 15 is 0 Å². The van der Waals surface area contributed by atoms with Crippen molar-refractivity contribution in [3.8, 4) is 0 Å². The van der Waals surface area contributed by atoms with Gasteiger partial charge in [0.25, 0.3) is 11.8 Å². The molecule has 1 aromatic heterocycles. The number of rotatable bonds is 5. The molecule has 1 heterocycles. The van der Waals surface area contributed by atoms with Gasteiger partial charge in [-0.05, 0) is 61.0 Å². The number of nitrogens with one attached hydrogen (secondary N) is 2. The summed E-state index contributed by atoms with van der Waals surface area (Å²) in [5.41, 5.74) is 3.05. The SMILES string of the molecule is CC(NC(=O)c1cccc2cccnc12)c1ccc(NC(=O)c2ccc(F)cc2)cc1. The van der Waals surface area contributed by atoms with Crippen molar-refractivity contribution in [3.05, 3.63) is 108 Å². The molecule has 0 aliphatic heterocycles. The zero-order valence-electron chi connectivity index (χ0n) is 16.8. The van der Waals surface area contributed by atoms with Gasteiger partial charge in [-0.3, -0.25) is 14.6 Å². The Morgan fingerprint density at radius 3 is 2.32 bits per heavy atom. The van der Waals surface area contributed by atoms with Crippen LogP contribution in [0.4, 0.5) is 10.1 Å². The molecule has 0 fully saturated rings. The molecule has 6 heteroatoms. The van der Waals surface area contributed by atoms with Crippen molar-refractivity contribution >= 4 is 28.4 Å². The average molecular weight is 413 g/mol. The van der Waals surface area contributed by atoms with Gasteiger partial charge in [-0.25, -0.2) is 4.39 Å². The lowest BCUT2D eigenvalue weighted by molar-refractivity contribution is 0.0940. The average Bonchev–Trinajstić information content (AvgIpc) is 2.79. The number of amides is 2. The van der Waals surface area contributed by atoms with Gasteiger partial charge in [0.05, 0.1) is 17.1 Å². The molecular formula is C25H20FN3O2. The number of carbonyl (C=O) groups is 2. The van der Waals surface area contributed by atoms with E-state index in [1.54, 1.807) is 24.4 Å². The molecule has 4 rings (SSSR count).